The van der Waals surface area contributed by atoms with Crippen molar-refractivity contribution in [2.45, 2.75) is 40.3 Å². The summed E-state index contributed by atoms with van der Waals surface area (Å²) in [6.45, 7) is 5.64. The molecule has 3 aromatic heterocycles. The molecule has 0 spiro atoms. The van der Waals surface area contributed by atoms with E-state index in [9.17, 15) is 9.59 Å². The second-order valence-corrected chi connectivity index (χ2v) is 6.08. The SMILES string of the molecule is CC(=O)c1c(C)nn(CCC(=O)NCc2nc(-c3ccccn3)no2)c1C. The number of hydrogen-bond donors (Lipinski definition) is 1. The lowest BCUT2D eigenvalue weighted by atomic mass is 10.1. The van der Waals surface area contributed by atoms with Crippen LogP contribution in [0, 0.1) is 13.8 Å². The Bertz CT molecular complexity index is 961. The van der Waals surface area contributed by atoms with Crippen molar-refractivity contribution >= 4 is 11.7 Å². The number of nitrogens with zero attached hydrogens (tertiary/aromatic N) is 5. The molecule has 0 aliphatic rings. The third-order valence-electron chi connectivity index (χ3n) is 4.08. The summed E-state index contributed by atoms with van der Waals surface area (Å²) in [6.07, 6.45) is 1.87. The van der Waals surface area contributed by atoms with Crippen LogP contribution in [0.25, 0.3) is 11.5 Å². The molecule has 0 aromatic carbocycles. The Morgan fingerprint density at radius 1 is 1.26 bits per heavy atom. The number of aryl methyl sites for hydroxylation is 2. The van der Waals surface area contributed by atoms with Crippen LogP contribution in [-0.2, 0) is 17.9 Å². The summed E-state index contributed by atoms with van der Waals surface area (Å²) < 4.78 is 6.80. The van der Waals surface area contributed by atoms with E-state index in [2.05, 4.69) is 25.5 Å². The number of carbonyl (C=O) groups excluding carboxylic acids is 2. The third kappa shape index (κ3) is 4.25. The lowest BCUT2D eigenvalue weighted by Gasteiger charge is -2.05. The number of carbonyl (C=O) groups is 2. The molecule has 0 saturated heterocycles. The molecule has 140 valence electrons. The Labute approximate surface area is 155 Å². The zero-order valence-corrected chi connectivity index (χ0v) is 15.4. The van der Waals surface area contributed by atoms with Crippen molar-refractivity contribution in [1.82, 2.24) is 30.2 Å². The second kappa shape index (κ2) is 7.90. The summed E-state index contributed by atoms with van der Waals surface area (Å²) in [7, 11) is 0. The van der Waals surface area contributed by atoms with Crippen LogP contribution < -0.4 is 5.32 Å². The van der Waals surface area contributed by atoms with E-state index in [1.807, 2.05) is 13.0 Å². The Hall–Kier alpha value is -3.36. The van der Waals surface area contributed by atoms with Crippen LogP contribution in [0.2, 0.25) is 0 Å². The number of hydrogen-bond acceptors (Lipinski definition) is 7. The van der Waals surface area contributed by atoms with Gasteiger partial charge in [0.05, 0.1) is 17.8 Å². The van der Waals surface area contributed by atoms with Gasteiger partial charge in [0.15, 0.2) is 5.78 Å². The van der Waals surface area contributed by atoms with E-state index in [-0.39, 0.29) is 24.7 Å². The largest absolute Gasteiger partial charge is 0.347 e. The van der Waals surface area contributed by atoms with Gasteiger partial charge in [0.25, 0.3) is 0 Å². The minimum Gasteiger partial charge on any atom is -0.347 e. The highest BCUT2D eigenvalue weighted by molar-refractivity contribution is 5.96. The molecule has 0 aliphatic heterocycles. The van der Waals surface area contributed by atoms with E-state index in [4.69, 9.17) is 4.52 Å². The Morgan fingerprint density at radius 2 is 2.07 bits per heavy atom. The topological polar surface area (TPSA) is 116 Å². The van der Waals surface area contributed by atoms with Gasteiger partial charge in [0.1, 0.15) is 5.69 Å². The maximum absolute atomic E-state index is 12.1. The van der Waals surface area contributed by atoms with E-state index in [1.165, 1.54) is 6.92 Å². The molecule has 9 heteroatoms. The van der Waals surface area contributed by atoms with Crippen LogP contribution in [0.5, 0.6) is 0 Å². The molecule has 3 aromatic rings. The van der Waals surface area contributed by atoms with Gasteiger partial charge in [-0.25, -0.2) is 0 Å². The van der Waals surface area contributed by atoms with E-state index in [0.717, 1.165) is 5.69 Å². The molecule has 0 aliphatic carbocycles. The molecule has 3 heterocycles. The maximum atomic E-state index is 12.1. The van der Waals surface area contributed by atoms with Gasteiger partial charge in [0.2, 0.25) is 17.6 Å². The number of pyridine rings is 1. The minimum absolute atomic E-state index is 0.0270. The molecule has 0 fully saturated rings. The van der Waals surface area contributed by atoms with Crippen molar-refractivity contribution in [3.05, 3.63) is 47.2 Å². The van der Waals surface area contributed by atoms with Crippen molar-refractivity contribution < 1.29 is 14.1 Å². The van der Waals surface area contributed by atoms with Crippen LogP contribution >= 0.6 is 0 Å². The van der Waals surface area contributed by atoms with Crippen LogP contribution in [0.4, 0.5) is 0 Å². The first kappa shape index (κ1) is 18.4. The fraction of sp³-hybridized carbons (Fsp3) is 0.333. The smallest absolute Gasteiger partial charge is 0.246 e. The van der Waals surface area contributed by atoms with Gasteiger partial charge in [-0.2, -0.15) is 10.1 Å². The minimum atomic E-state index is -0.176. The molecule has 0 bridgehead atoms. The van der Waals surface area contributed by atoms with Crippen molar-refractivity contribution in [3.8, 4) is 11.5 Å². The molecule has 27 heavy (non-hydrogen) atoms. The highest BCUT2D eigenvalue weighted by Gasteiger charge is 2.16. The molecule has 1 N–H and O–H groups in total. The summed E-state index contributed by atoms with van der Waals surface area (Å²) in [6, 6.07) is 5.40. The lowest BCUT2D eigenvalue weighted by Crippen LogP contribution is -2.24. The number of aromatic nitrogens is 5. The highest BCUT2D eigenvalue weighted by Crippen LogP contribution is 2.14. The fourth-order valence-corrected chi connectivity index (χ4v) is 2.82. The normalized spacial score (nSPS) is 10.8. The van der Waals surface area contributed by atoms with Gasteiger partial charge in [-0.15, -0.1) is 0 Å². The molecule has 0 saturated carbocycles. The standard InChI is InChI=1S/C18H20N6O3/c1-11-17(13(3)25)12(2)24(22-11)9-7-15(26)20-10-16-21-18(23-27-16)14-6-4-5-8-19-14/h4-6,8H,7,9-10H2,1-3H3,(H,20,26). The van der Waals surface area contributed by atoms with Crippen LogP contribution in [0.3, 0.4) is 0 Å². The molecular weight excluding hydrogens is 348 g/mol. The van der Waals surface area contributed by atoms with Crippen LogP contribution in [-0.4, -0.2) is 36.6 Å². The predicted molar refractivity (Wildman–Crippen MR) is 95.7 cm³/mol. The lowest BCUT2D eigenvalue weighted by molar-refractivity contribution is -0.121. The van der Waals surface area contributed by atoms with Crippen LogP contribution in [0.15, 0.2) is 28.9 Å². The Morgan fingerprint density at radius 3 is 2.74 bits per heavy atom. The number of Topliss-reactive ketones (excluding diaryl/α,β-unsaturated/α-hetero) is 1. The number of amides is 1. The van der Waals surface area contributed by atoms with Crippen molar-refractivity contribution in [1.29, 1.82) is 0 Å². The fourth-order valence-electron chi connectivity index (χ4n) is 2.82. The van der Waals surface area contributed by atoms with Crippen molar-refractivity contribution in [2.75, 3.05) is 0 Å². The third-order valence-corrected chi connectivity index (χ3v) is 4.08. The zero-order chi connectivity index (χ0) is 19.4. The summed E-state index contributed by atoms with van der Waals surface area (Å²) in [4.78, 5) is 32.1. The maximum Gasteiger partial charge on any atom is 0.246 e. The molecule has 0 atom stereocenters. The van der Waals surface area contributed by atoms with Gasteiger partial charge >= 0.3 is 0 Å². The van der Waals surface area contributed by atoms with Gasteiger partial charge in [-0.05, 0) is 32.9 Å². The predicted octanol–water partition coefficient (Wildman–Crippen LogP) is 1.85. The molecular formula is C18H20N6O3. The zero-order valence-electron chi connectivity index (χ0n) is 15.4. The van der Waals surface area contributed by atoms with Gasteiger partial charge in [0, 0.05) is 24.9 Å². The first-order valence-corrected chi connectivity index (χ1v) is 8.51. The Balaban J connectivity index is 1.53. The van der Waals surface area contributed by atoms with E-state index in [1.54, 1.807) is 29.9 Å². The summed E-state index contributed by atoms with van der Waals surface area (Å²) in [5, 5.41) is 10.9. The average molecular weight is 368 g/mol. The molecule has 0 unspecified atom stereocenters. The van der Waals surface area contributed by atoms with Crippen molar-refractivity contribution in [2.24, 2.45) is 0 Å². The second-order valence-electron chi connectivity index (χ2n) is 6.08. The first-order valence-electron chi connectivity index (χ1n) is 8.51. The molecule has 0 radical (unpaired) electrons. The van der Waals surface area contributed by atoms with E-state index in [0.29, 0.717) is 35.2 Å². The Kier molecular flexibility index (Phi) is 5.39. The molecule has 9 nitrogen and oxygen atoms in total. The van der Waals surface area contributed by atoms with Gasteiger partial charge in [-0.1, -0.05) is 11.2 Å². The summed E-state index contributed by atoms with van der Waals surface area (Å²) in [5.74, 6) is 0.471. The quantitative estimate of drug-likeness (QED) is 0.633. The van der Waals surface area contributed by atoms with E-state index < -0.39 is 0 Å². The summed E-state index contributed by atoms with van der Waals surface area (Å²) in [5.41, 5.74) is 2.66. The summed E-state index contributed by atoms with van der Waals surface area (Å²) >= 11 is 0. The number of rotatable bonds is 7. The number of ketones is 1. The number of nitrogens with one attached hydrogen (secondary N) is 1. The van der Waals surface area contributed by atoms with E-state index >= 15 is 0 Å². The monoisotopic (exact) mass is 368 g/mol. The average Bonchev–Trinajstić information content (AvgIpc) is 3.23. The highest BCUT2D eigenvalue weighted by atomic mass is 16.5. The van der Waals surface area contributed by atoms with Crippen LogP contribution in [0.1, 0.15) is 41.0 Å². The molecule has 3 rings (SSSR count). The molecule has 1 amide bonds. The van der Waals surface area contributed by atoms with Crippen molar-refractivity contribution in [3.63, 3.8) is 0 Å². The van der Waals surface area contributed by atoms with Gasteiger partial charge in [-0.3, -0.25) is 19.3 Å². The first-order chi connectivity index (χ1) is 13.0. The van der Waals surface area contributed by atoms with Gasteiger partial charge < -0.3 is 9.84 Å².